The van der Waals surface area contributed by atoms with Crippen LogP contribution in [0.4, 0.5) is 11.8 Å². The van der Waals surface area contributed by atoms with Crippen molar-refractivity contribution in [2.45, 2.75) is 6.92 Å². The maximum Gasteiger partial charge on any atom is 0.222 e. The molecule has 0 fully saturated rings. The molecule has 0 aliphatic carbocycles. The van der Waals surface area contributed by atoms with Gasteiger partial charge in [-0.05, 0) is 6.92 Å². The van der Waals surface area contributed by atoms with Crippen molar-refractivity contribution in [3.63, 3.8) is 0 Å². The highest BCUT2D eigenvalue weighted by Crippen LogP contribution is 2.20. The fourth-order valence-corrected chi connectivity index (χ4v) is 0.611. The number of aryl methyl sites for hydroxylation is 1. The number of aromatic nitrogens is 2. The van der Waals surface area contributed by atoms with Gasteiger partial charge in [0.25, 0.3) is 0 Å². The largest absolute Gasteiger partial charge is 0.503 e. The van der Waals surface area contributed by atoms with Crippen LogP contribution in [-0.4, -0.2) is 15.1 Å². The van der Waals surface area contributed by atoms with E-state index in [2.05, 4.69) is 9.97 Å². The minimum absolute atomic E-state index is 0. The summed E-state index contributed by atoms with van der Waals surface area (Å²) in [5.41, 5.74) is 10.8. The molecule has 62 valence electrons. The topological polar surface area (TPSA) is 98.0 Å². The van der Waals surface area contributed by atoms with Crippen LogP contribution in [0.3, 0.4) is 0 Å². The molecule has 0 saturated heterocycles. The van der Waals surface area contributed by atoms with Crippen LogP contribution in [0.1, 0.15) is 5.69 Å². The number of halogens is 1. The molecule has 11 heavy (non-hydrogen) atoms. The smallest absolute Gasteiger partial charge is 0.222 e. The van der Waals surface area contributed by atoms with Gasteiger partial charge in [0.15, 0.2) is 11.6 Å². The van der Waals surface area contributed by atoms with Crippen molar-refractivity contribution in [2.24, 2.45) is 0 Å². The Kier molecular flexibility index (Phi) is 2.88. The number of nitrogen functional groups attached to an aromatic ring is 2. The fourth-order valence-electron chi connectivity index (χ4n) is 0.611. The van der Waals surface area contributed by atoms with Gasteiger partial charge in [-0.25, -0.2) is 4.98 Å². The summed E-state index contributed by atoms with van der Waals surface area (Å²) in [4.78, 5) is 7.20. The average Bonchev–Trinajstić information content (AvgIpc) is 1.82. The average molecular weight is 177 g/mol. The molecular formula is C5H9ClN4O. The summed E-state index contributed by atoms with van der Waals surface area (Å²) in [5, 5.41) is 9.03. The summed E-state index contributed by atoms with van der Waals surface area (Å²) >= 11 is 0. The van der Waals surface area contributed by atoms with E-state index in [1.54, 1.807) is 6.92 Å². The van der Waals surface area contributed by atoms with Gasteiger partial charge in [0, 0.05) is 0 Å². The molecule has 0 radical (unpaired) electrons. The highest BCUT2D eigenvalue weighted by atomic mass is 35.5. The van der Waals surface area contributed by atoms with Crippen LogP contribution in [0.15, 0.2) is 0 Å². The van der Waals surface area contributed by atoms with Crippen LogP contribution < -0.4 is 11.5 Å². The third kappa shape index (κ3) is 1.84. The minimum Gasteiger partial charge on any atom is -0.503 e. The van der Waals surface area contributed by atoms with E-state index >= 15 is 0 Å². The molecule has 0 aromatic carbocycles. The highest BCUT2D eigenvalue weighted by Gasteiger charge is 2.03. The second-order valence-electron chi connectivity index (χ2n) is 1.90. The molecular weight excluding hydrogens is 168 g/mol. The highest BCUT2D eigenvalue weighted by molar-refractivity contribution is 5.85. The Morgan fingerprint density at radius 1 is 1.27 bits per heavy atom. The summed E-state index contributed by atoms with van der Waals surface area (Å²) in [6.07, 6.45) is 0. The second-order valence-corrected chi connectivity index (χ2v) is 1.90. The maximum atomic E-state index is 9.03. The number of hydrogen-bond acceptors (Lipinski definition) is 5. The van der Waals surface area contributed by atoms with Gasteiger partial charge in [0.2, 0.25) is 5.95 Å². The van der Waals surface area contributed by atoms with E-state index in [1.807, 2.05) is 0 Å². The number of nitrogens with two attached hydrogens (primary N) is 2. The van der Waals surface area contributed by atoms with Gasteiger partial charge in [-0.15, -0.1) is 12.4 Å². The molecule has 0 amide bonds. The van der Waals surface area contributed by atoms with E-state index in [1.165, 1.54) is 0 Å². The molecule has 5 nitrogen and oxygen atoms in total. The van der Waals surface area contributed by atoms with Gasteiger partial charge in [-0.2, -0.15) is 4.98 Å². The molecule has 1 rings (SSSR count). The van der Waals surface area contributed by atoms with Crippen LogP contribution in [-0.2, 0) is 0 Å². The van der Waals surface area contributed by atoms with E-state index in [4.69, 9.17) is 16.6 Å². The van der Waals surface area contributed by atoms with Crippen molar-refractivity contribution in [3.8, 4) is 5.75 Å². The molecule has 0 spiro atoms. The van der Waals surface area contributed by atoms with Gasteiger partial charge in [-0.1, -0.05) is 0 Å². The number of aromatic hydroxyl groups is 1. The Morgan fingerprint density at radius 2 is 1.82 bits per heavy atom. The predicted molar refractivity (Wildman–Crippen MR) is 44.5 cm³/mol. The first kappa shape index (κ1) is 9.77. The summed E-state index contributed by atoms with van der Waals surface area (Å²) in [6, 6.07) is 0. The molecule has 6 heteroatoms. The van der Waals surface area contributed by atoms with Crippen molar-refractivity contribution in [1.29, 1.82) is 0 Å². The van der Waals surface area contributed by atoms with E-state index in [0.29, 0.717) is 5.69 Å². The van der Waals surface area contributed by atoms with Crippen LogP contribution in [0.5, 0.6) is 5.75 Å². The van der Waals surface area contributed by atoms with Crippen LogP contribution >= 0.6 is 12.4 Å². The van der Waals surface area contributed by atoms with Crippen molar-refractivity contribution in [3.05, 3.63) is 5.69 Å². The van der Waals surface area contributed by atoms with Gasteiger partial charge in [-0.3, -0.25) is 0 Å². The minimum atomic E-state index is -0.103. The SMILES string of the molecule is Cc1nc(N)nc(N)c1O.Cl. The monoisotopic (exact) mass is 176 g/mol. The predicted octanol–water partition coefficient (Wildman–Crippen LogP) is 0.0768. The Labute approximate surface area is 69.9 Å². The molecule has 0 bridgehead atoms. The molecule has 0 aliphatic heterocycles. The van der Waals surface area contributed by atoms with E-state index < -0.39 is 0 Å². The zero-order valence-electron chi connectivity index (χ0n) is 5.90. The van der Waals surface area contributed by atoms with Crippen molar-refractivity contribution >= 4 is 24.2 Å². The molecule has 0 saturated carbocycles. The normalized spacial score (nSPS) is 8.82. The lowest BCUT2D eigenvalue weighted by molar-refractivity contribution is 0.468. The summed E-state index contributed by atoms with van der Waals surface area (Å²) < 4.78 is 0. The molecule has 0 unspecified atom stereocenters. The van der Waals surface area contributed by atoms with E-state index in [0.717, 1.165) is 0 Å². The molecule has 1 heterocycles. The molecule has 0 aliphatic rings. The molecule has 1 aromatic rings. The summed E-state index contributed by atoms with van der Waals surface area (Å²) in [5.74, 6) is -0.00741. The van der Waals surface area contributed by atoms with E-state index in [9.17, 15) is 0 Å². The first-order chi connectivity index (χ1) is 4.61. The standard InChI is InChI=1S/C5H8N4O.ClH/c1-2-3(10)4(6)9-5(7)8-2;/h10H,1H3,(H4,6,7,8,9);1H. The summed E-state index contributed by atoms with van der Waals surface area (Å²) in [6.45, 7) is 1.60. The zero-order chi connectivity index (χ0) is 7.72. The number of anilines is 2. The van der Waals surface area contributed by atoms with Gasteiger partial charge in [0.1, 0.15) is 0 Å². The zero-order valence-corrected chi connectivity index (χ0v) is 6.72. The van der Waals surface area contributed by atoms with Gasteiger partial charge >= 0.3 is 0 Å². The Hall–Kier alpha value is -1.23. The Morgan fingerprint density at radius 3 is 2.27 bits per heavy atom. The molecule has 5 N–H and O–H groups in total. The Bertz CT molecular complexity index is 242. The maximum absolute atomic E-state index is 9.03. The first-order valence-electron chi connectivity index (χ1n) is 2.70. The lowest BCUT2D eigenvalue weighted by Crippen LogP contribution is -2.01. The van der Waals surface area contributed by atoms with Crippen LogP contribution in [0.25, 0.3) is 0 Å². The lowest BCUT2D eigenvalue weighted by atomic mass is 10.4. The summed E-state index contributed by atoms with van der Waals surface area (Å²) in [7, 11) is 0. The van der Waals surface area contributed by atoms with Crippen molar-refractivity contribution in [2.75, 3.05) is 11.5 Å². The third-order valence-electron chi connectivity index (χ3n) is 1.10. The number of rotatable bonds is 0. The fraction of sp³-hybridized carbons (Fsp3) is 0.200. The molecule has 0 atom stereocenters. The van der Waals surface area contributed by atoms with Crippen molar-refractivity contribution < 1.29 is 5.11 Å². The second kappa shape index (κ2) is 3.25. The third-order valence-corrected chi connectivity index (χ3v) is 1.10. The molecule has 1 aromatic heterocycles. The van der Waals surface area contributed by atoms with Crippen molar-refractivity contribution in [1.82, 2.24) is 9.97 Å². The number of nitrogens with zero attached hydrogens (tertiary/aromatic N) is 2. The quantitative estimate of drug-likeness (QED) is 0.520. The number of hydrogen-bond donors (Lipinski definition) is 3. The van der Waals surface area contributed by atoms with E-state index in [-0.39, 0.29) is 29.9 Å². The van der Waals surface area contributed by atoms with Crippen LogP contribution in [0.2, 0.25) is 0 Å². The van der Waals surface area contributed by atoms with Crippen LogP contribution in [0, 0.1) is 6.92 Å². The van der Waals surface area contributed by atoms with Gasteiger partial charge < -0.3 is 16.6 Å². The lowest BCUT2D eigenvalue weighted by Gasteiger charge is -2.00. The first-order valence-corrected chi connectivity index (χ1v) is 2.70. The van der Waals surface area contributed by atoms with Gasteiger partial charge in [0.05, 0.1) is 5.69 Å². The Balaban J connectivity index is 0.000001000.